The molecule has 2 N–H and O–H groups in total. The zero-order valence-corrected chi connectivity index (χ0v) is 12.3. The summed E-state index contributed by atoms with van der Waals surface area (Å²) in [6, 6.07) is -0.936. The number of ketones is 1. The molecule has 6 heteroatoms. The van der Waals surface area contributed by atoms with Crippen molar-refractivity contribution < 1.29 is 19.1 Å². The maximum Gasteiger partial charge on any atom is 0.328 e. The van der Waals surface area contributed by atoms with E-state index in [1.807, 2.05) is 6.92 Å². The van der Waals surface area contributed by atoms with Crippen LogP contribution in [-0.2, 0) is 19.1 Å². The van der Waals surface area contributed by atoms with E-state index in [1.54, 1.807) is 20.9 Å². The minimum atomic E-state index is -0.707. The molecule has 0 bridgehead atoms. The fourth-order valence-corrected chi connectivity index (χ4v) is 1.72. The van der Waals surface area contributed by atoms with Gasteiger partial charge in [0.25, 0.3) is 0 Å². The Morgan fingerprint density at radius 1 is 1.21 bits per heavy atom. The normalized spacial score (nSPS) is 15.2. The molecule has 0 heterocycles. The molecule has 0 radical (unpaired) electrons. The van der Waals surface area contributed by atoms with Crippen molar-refractivity contribution >= 4 is 17.7 Å². The summed E-state index contributed by atoms with van der Waals surface area (Å²) in [6.07, 6.45) is 0.835. The molecule has 0 aliphatic rings. The molecule has 0 aromatic carbocycles. The maximum atomic E-state index is 11.9. The molecule has 1 amide bonds. The van der Waals surface area contributed by atoms with Crippen LogP contribution in [0.5, 0.6) is 0 Å². The highest BCUT2D eigenvalue weighted by Crippen LogP contribution is 2.07. The average Bonchev–Trinajstić information content (AvgIpc) is 2.38. The molecular weight excluding hydrogens is 248 g/mol. The van der Waals surface area contributed by atoms with Gasteiger partial charge in [-0.3, -0.25) is 9.59 Å². The van der Waals surface area contributed by atoms with Crippen LogP contribution < -0.4 is 10.6 Å². The number of hydrogen-bond acceptors (Lipinski definition) is 5. The van der Waals surface area contributed by atoms with Crippen molar-refractivity contribution in [2.24, 2.45) is 5.92 Å². The van der Waals surface area contributed by atoms with Gasteiger partial charge < -0.3 is 15.4 Å². The van der Waals surface area contributed by atoms with E-state index < -0.39 is 17.9 Å². The first kappa shape index (κ1) is 17.6. The van der Waals surface area contributed by atoms with Crippen molar-refractivity contribution in [3.05, 3.63) is 0 Å². The van der Waals surface area contributed by atoms with Gasteiger partial charge in [-0.15, -0.1) is 0 Å². The summed E-state index contributed by atoms with van der Waals surface area (Å²) >= 11 is 0. The number of amides is 1. The zero-order valence-electron chi connectivity index (χ0n) is 12.3. The van der Waals surface area contributed by atoms with E-state index in [2.05, 4.69) is 15.4 Å². The van der Waals surface area contributed by atoms with Crippen molar-refractivity contribution in [2.45, 2.75) is 45.7 Å². The summed E-state index contributed by atoms with van der Waals surface area (Å²) in [6.45, 7) is 5.11. The van der Waals surface area contributed by atoms with E-state index in [1.165, 1.54) is 7.11 Å². The van der Waals surface area contributed by atoms with E-state index in [0.717, 1.165) is 0 Å². The maximum absolute atomic E-state index is 11.9. The third-order valence-corrected chi connectivity index (χ3v) is 3.01. The predicted octanol–water partition coefficient (Wildman–Crippen LogP) is 0.257. The summed E-state index contributed by atoms with van der Waals surface area (Å²) in [5.41, 5.74) is 0. The lowest BCUT2D eigenvalue weighted by molar-refractivity contribution is -0.145. The van der Waals surface area contributed by atoms with Crippen molar-refractivity contribution in [3.8, 4) is 0 Å². The lowest BCUT2D eigenvalue weighted by atomic mass is 9.98. The van der Waals surface area contributed by atoms with Crippen LogP contribution in [0.1, 0.15) is 33.6 Å². The molecule has 0 aromatic rings. The summed E-state index contributed by atoms with van der Waals surface area (Å²) < 4.78 is 4.52. The van der Waals surface area contributed by atoms with Gasteiger partial charge in [0.1, 0.15) is 6.04 Å². The van der Waals surface area contributed by atoms with Gasteiger partial charge in [-0.25, -0.2) is 4.79 Å². The molecule has 0 aliphatic carbocycles. The highest BCUT2D eigenvalue weighted by atomic mass is 16.5. The Labute approximate surface area is 114 Å². The topological polar surface area (TPSA) is 84.5 Å². The molecule has 0 saturated heterocycles. The SMILES string of the molecule is CC[C@@H](NC)C(=O)C[C@H](C)C(=O)N[C@H](C)C(=O)OC. The quantitative estimate of drug-likeness (QED) is 0.619. The van der Waals surface area contributed by atoms with Gasteiger partial charge in [-0.05, 0) is 20.4 Å². The summed E-state index contributed by atoms with van der Waals surface area (Å²) in [5, 5.41) is 5.43. The molecule has 110 valence electrons. The van der Waals surface area contributed by atoms with Crippen LogP contribution >= 0.6 is 0 Å². The van der Waals surface area contributed by atoms with Crippen molar-refractivity contribution in [1.29, 1.82) is 0 Å². The third-order valence-electron chi connectivity index (χ3n) is 3.01. The highest BCUT2D eigenvalue weighted by molar-refractivity contribution is 5.91. The second-order valence-corrected chi connectivity index (χ2v) is 4.57. The monoisotopic (exact) mass is 272 g/mol. The Morgan fingerprint density at radius 3 is 2.21 bits per heavy atom. The van der Waals surface area contributed by atoms with Crippen LogP contribution in [0.3, 0.4) is 0 Å². The van der Waals surface area contributed by atoms with Crippen LogP contribution in [-0.4, -0.2) is 43.9 Å². The molecule has 0 saturated carbocycles. The number of carbonyl (C=O) groups is 3. The first-order valence-corrected chi connectivity index (χ1v) is 6.45. The van der Waals surface area contributed by atoms with Crippen molar-refractivity contribution in [2.75, 3.05) is 14.2 Å². The smallest absolute Gasteiger partial charge is 0.328 e. The molecule has 0 unspecified atom stereocenters. The number of methoxy groups -OCH3 is 1. The van der Waals surface area contributed by atoms with Gasteiger partial charge in [0.05, 0.1) is 13.2 Å². The van der Waals surface area contributed by atoms with Crippen molar-refractivity contribution in [1.82, 2.24) is 10.6 Å². The largest absolute Gasteiger partial charge is 0.467 e. The Morgan fingerprint density at radius 2 is 1.79 bits per heavy atom. The molecule has 0 rings (SSSR count). The van der Waals surface area contributed by atoms with E-state index in [-0.39, 0.29) is 24.2 Å². The third kappa shape index (κ3) is 5.83. The Balaban J connectivity index is 4.34. The van der Waals surface area contributed by atoms with Crippen LogP contribution in [0.25, 0.3) is 0 Å². The van der Waals surface area contributed by atoms with Crippen LogP contribution in [0, 0.1) is 5.92 Å². The Bertz CT molecular complexity index is 327. The average molecular weight is 272 g/mol. The molecule has 6 nitrogen and oxygen atoms in total. The lowest BCUT2D eigenvalue weighted by Crippen LogP contribution is -2.43. The first-order chi connectivity index (χ1) is 8.87. The number of esters is 1. The molecule has 3 atom stereocenters. The minimum absolute atomic E-state index is 0.00151. The van der Waals surface area contributed by atoms with Crippen LogP contribution in [0.4, 0.5) is 0 Å². The predicted molar refractivity (Wildman–Crippen MR) is 71.5 cm³/mol. The highest BCUT2D eigenvalue weighted by Gasteiger charge is 2.24. The molecular formula is C13H24N2O4. The number of hydrogen-bond donors (Lipinski definition) is 2. The van der Waals surface area contributed by atoms with Gasteiger partial charge in [0.15, 0.2) is 5.78 Å². The van der Waals surface area contributed by atoms with E-state index in [0.29, 0.717) is 6.42 Å². The van der Waals surface area contributed by atoms with Gasteiger partial charge >= 0.3 is 5.97 Å². The van der Waals surface area contributed by atoms with E-state index >= 15 is 0 Å². The van der Waals surface area contributed by atoms with Gasteiger partial charge in [-0.1, -0.05) is 13.8 Å². The minimum Gasteiger partial charge on any atom is -0.467 e. The molecule has 0 aliphatic heterocycles. The zero-order chi connectivity index (χ0) is 15.0. The number of nitrogens with one attached hydrogen (secondary N) is 2. The van der Waals surface area contributed by atoms with E-state index in [4.69, 9.17) is 0 Å². The van der Waals surface area contributed by atoms with Gasteiger partial charge in [0, 0.05) is 12.3 Å². The Kier molecular flexibility index (Phi) is 7.98. The van der Waals surface area contributed by atoms with Gasteiger partial charge in [0.2, 0.25) is 5.91 Å². The fraction of sp³-hybridized carbons (Fsp3) is 0.769. The van der Waals surface area contributed by atoms with Crippen LogP contribution in [0.2, 0.25) is 0 Å². The van der Waals surface area contributed by atoms with Crippen LogP contribution in [0.15, 0.2) is 0 Å². The van der Waals surface area contributed by atoms with Crippen molar-refractivity contribution in [3.63, 3.8) is 0 Å². The lowest BCUT2D eigenvalue weighted by Gasteiger charge is -2.18. The standard InChI is InChI=1S/C13H24N2O4/c1-6-10(14-4)11(16)7-8(2)12(17)15-9(3)13(18)19-5/h8-10,14H,6-7H2,1-5H3,(H,15,17)/t8-,9+,10+/m0/s1. The molecule has 19 heavy (non-hydrogen) atoms. The number of likely N-dealkylation sites (N-methyl/N-ethyl adjacent to an activating group) is 1. The number of rotatable bonds is 8. The van der Waals surface area contributed by atoms with E-state index in [9.17, 15) is 14.4 Å². The first-order valence-electron chi connectivity index (χ1n) is 6.45. The summed E-state index contributed by atoms with van der Waals surface area (Å²) in [4.78, 5) is 34.9. The number of Topliss-reactive ketones (excluding diaryl/α,β-unsaturated/α-hetero) is 1. The second kappa shape index (κ2) is 8.63. The second-order valence-electron chi connectivity index (χ2n) is 4.57. The van der Waals surface area contributed by atoms with Gasteiger partial charge in [-0.2, -0.15) is 0 Å². The molecule has 0 aromatic heterocycles. The Hall–Kier alpha value is -1.43. The fourth-order valence-electron chi connectivity index (χ4n) is 1.72. The number of carbonyl (C=O) groups excluding carboxylic acids is 3. The number of ether oxygens (including phenoxy) is 1. The summed E-state index contributed by atoms with van der Waals surface area (Å²) in [5.74, 6) is -1.30. The summed E-state index contributed by atoms with van der Waals surface area (Å²) in [7, 11) is 2.98. The molecule has 0 spiro atoms. The molecule has 0 fully saturated rings.